The second-order valence-electron chi connectivity index (χ2n) is 4.77. The largest absolute Gasteiger partial charge is 0.355 e. The molecule has 1 fully saturated rings. The van der Waals surface area contributed by atoms with Gasteiger partial charge in [0.15, 0.2) is 0 Å². The van der Waals surface area contributed by atoms with Crippen LogP contribution in [0, 0.1) is 5.92 Å². The van der Waals surface area contributed by atoms with Crippen LogP contribution in [0.1, 0.15) is 26.2 Å². The Morgan fingerprint density at radius 2 is 1.94 bits per heavy atom. The molecule has 0 radical (unpaired) electrons. The molecule has 0 aromatic carbocycles. The van der Waals surface area contributed by atoms with Crippen molar-refractivity contribution in [2.45, 2.75) is 26.2 Å². The fourth-order valence-electron chi connectivity index (χ4n) is 2.11. The van der Waals surface area contributed by atoms with Crippen LogP contribution >= 0.6 is 0 Å². The first-order valence-corrected chi connectivity index (χ1v) is 6.32. The molecular formula is C12H25N3O. The maximum atomic E-state index is 10.6. The van der Waals surface area contributed by atoms with Crippen LogP contribution in [0.4, 0.5) is 0 Å². The summed E-state index contributed by atoms with van der Waals surface area (Å²) in [6.45, 7) is 6.74. The average molecular weight is 227 g/mol. The molecule has 4 heteroatoms. The molecule has 1 heterocycles. The average Bonchev–Trinajstić information content (AvgIpc) is 2.25. The van der Waals surface area contributed by atoms with E-state index in [1.807, 2.05) is 0 Å². The number of rotatable bonds is 6. The molecular weight excluding hydrogens is 202 g/mol. The molecule has 0 spiro atoms. The minimum absolute atomic E-state index is 0.0529. The van der Waals surface area contributed by atoms with E-state index in [2.05, 4.69) is 22.6 Å². The van der Waals surface area contributed by atoms with Gasteiger partial charge in [-0.15, -0.1) is 0 Å². The summed E-state index contributed by atoms with van der Waals surface area (Å²) in [6, 6.07) is 0. The predicted octanol–water partition coefficient (Wildman–Crippen LogP) is 0.444. The maximum absolute atomic E-state index is 10.6. The summed E-state index contributed by atoms with van der Waals surface area (Å²) >= 11 is 0. The van der Waals surface area contributed by atoms with Gasteiger partial charge in [-0.2, -0.15) is 0 Å². The van der Waals surface area contributed by atoms with E-state index >= 15 is 0 Å². The molecule has 94 valence electrons. The fourth-order valence-corrected chi connectivity index (χ4v) is 2.11. The van der Waals surface area contributed by atoms with Crippen LogP contribution in [0.5, 0.6) is 0 Å². The molecule has 0 aliphatic carbocycles. The van der Waals surface area contributed by atoms with E-state index in [0.29, 0.717) is 0 Å². The summed E-state index contributed by atoms with van der Waals surface area (Å²) in [7, 11) is 2.20. The SMILES string of the molecule is CC(=O)NCCNCCC1CCN(C)CC1. The summed E-state index contributed by atoms with van der Waals surface area (Å²) in [6.07, 6.45) is 3.95. The molecule has 0 bridgehead atoms. The van der Waals surface area contributed by atoms with Crippen molar-refractivity contribution < 1.29 is 4.79 Å². The normalized spacial score (nSPS) is 18.6. The Morgan fingerprint density at radius 1 is 1.25 bits per heavy atom. The van der Waals surface area contributed by atoms with Gasteiger partial charge >= 0.3 is 0 Å². The van der Waals surface area contributed by atoms with Crippen LogP contribution in [-0.2, 0) is 4.79 Å². The van der Waals surface area contributed by atoms with Crippen molar-refractivity contribution in [3.63, 3.8) is 0 Å². The summed E-state index contributed by atoms with van der Waals surface area (Å²) in [5, 5.41) is 6.15. The highest BCUT2D eigenvalue weighted by atomic mass is 16.1. The molecule has 1 aliphatic heterocycles. The van der Waals surface area contributed by atoms with Crippen LogP contribution in [0.2, 0.25) is 0 Å². The molecule has 0 aromatic heterocycles. The molecule has 2 N–H and O–H groups in total. The highest BCUT2D eigenvalue weighted by Crippen LogP contribution is 2.18. The van der Waals surface area contributed by atoms with Gasteiger partial charge in [0.2, 0.25) is 5.91 Å². The number of hydrogen-bond donors (Lipinski definition) is 2. The van der Waals surface area contributed by atoms with Gasteiger partial charge in [-0.3, -0.25) is 4.79 Å². The minimum atomic E-state index is 0.0529. The van der Waals surface area contributed by atoms with E-state index in [1.54, 1.807) is 6.92 Å². The molecule has 0 aromatic rings. The van der Waals surface area contributed by atoms with Crippen LogP contribution < -0.4 is 10.6 Å². The predicted molar refractivity (Wildman–Crippen MR) is 66.4 cm³/mol. The number of hydrogen-bond acceptors (Lipinski definition) is 3. The lowest BCUT2D eigenvalue weighted by molar-refractivity contribution is -0.118. The Hall–Kier alpha value is -0.610. The number of amides is 1. The molecule has 1 rings (SSSR count). The van der Waals surface area contributed by atoms with Crippen LogP contribution in [0.15, 0.2) is 0 Å². The van der Waals surface area contributed by atoms with Gasteiger partial charge in [-0.25, -0.2) is 0 Å². The summed E-state index contributed by atoms with van der Waals surface area (Å²) in [5.41, 5.74) is 0. The van der Waals surface area contributed by atoms with E-state index in [4.69, 9.17) is 0 Å². The van der Waals surface area contributed by atoms with E-state index in [-0.39, 0.29) is 5.91 Å². The number of carbonyl (C=O) groups is 1. The standard InChI is InChI=1S/C12H25N3O/c1-11(16)14-8-7-13-6-3-12-4-9-15(2)10-5-12/h12-13H,3-10H2,1-2H3,(H,14,16). The topological polar surface area (TPSA) is 44.4 Å². The van der Waals surface area contributed by atoms with Crippen LogP contribution in [0.25, 0.3) is 0 Å². The molecule has 16 heavy (non-hydrogen) atoms. The Bertz CT molecular complexity index is 200. The Labute approximate surface area is 98.8 Å². The first-order valence-electron chi connectivity index (χ1n) is 6.32. The number of likely N-dealkylation sites (tertiary alicyclic amines) is 1. The lowest BCUT2D eigenvalue weighted by Crippen LogP contribution is -2.33. The zero-order chi connectivity index (χ0) is 11.8. The third-order valence-electron chi connectivity index (χ3n) is 3.24. The van der Waals surface area contributed by atoms with E-state index in [9.17, 15) is 4.79 Å². The summed E-state index contributed by atoms with van der Waals surface area (Å²) < 4.78 is 0. The molecule has 1 aliphatic rings. The first-order chi connectivity index (χ1) is 7.68. The van der Waals surface area contributed by atoms with Crippen molar-refractivity contribution in [2.24, 2.45) is 5.92 Å². The second kappa shape index (κ2) is 7.63. The third-order valence-corrected chi connectivity index (χ3v) is 3.24. The Morgan fingerprint density at radius 3 is 2.56 bits per heavy atom. The van der Waals surface area contributed by atoms with Crippen molar-refractivity contribution in [3.8, 4) is 0 Å². The minimum Gasteiger partial charge on any atom is -0.355 e. The number of carbonyl (C=O) groups excluding carboxylic acids is 1. The second-order valence-corrected chi connectivity index (χ2v) is 4.77. The Balaban J connectivity index is 1.89. The van der Waals surface area contributed by atoms with Crippen molar-refractivity contribution >= 4 is 5.91 Å². The number of nitrogens with zero attached hydrogens (tertiary/aromatic N) is 1. The summed E-state index contributed by atoms with van der Waals surface area (Å²) in [4.78, 5) is 13.0. The Kier molecular flexibility index (Phi) is 6.42. The highest BCUT2D eigenvalue weighted by Gasteiger charge is 2.15. The van der Waals surface area contributed by atoms with Crippen LogP contribution in [0.3, 0.4) is 0 Å². The lowest BCUT2D eigenvalue weighted by Gasteiger charge is -2.28. The van der Waals surface area contributed by atoms with Gasteiger partial charge in [0.05, 0.1) is 0 Å². The molecule has 0 saturated carbocycles. The van der Waals surface area contributed by atoms with Crippen LogP contribution in [-0.4, -0.2) is 50.6 Å². The lowest BCUT2D eigenvalue weighted by atomic mass is 9.94. The molecule has 0 unspecified atom stereocenters. The quantitative estimate of drug-likeness (QED) is 0.647. The van der Waals surface area contributed by atoms with E-state index in [0.717, 1.165) is 25.6 Å². The van der Waals surface area contributed by atoms with E-state index < -0.39 is 0 Å². The van der Waals surface area contributed by atoms with Crippen molar-refractivity contribution in [3.05, 3.63) is 0 Å². The zero-order valence-electron chi connectivity index (χ0n) is 10.6. The van der Waals surface area contributed by atoms with Crippen molar-refractivity contribution in [1.29, 1.82) is 0 Å². The van der Waals surface area contributed by atoms with Gasteiger partial charge in [0, 0.05) is 20.0 Å². The highest BCUT2D eigenvalue weighted by molar-refractivity contribution is 5.72. The van der Waals surface area contributed by atoms with Gasteiger partial charge < -0.3 is 15.5 Å². The summed E-state index contributed by atoms with van der Waals surface area (Å²) in [5.74, 6) is 0.946. The monoisotopic (exact) mass is 227 g/mol. The molecule has 1 amide bonds. The van der Waals surface area contributed by atoms with Gasteiger partial charge in [0.1, 0.15) is 0 Å². The number of nitrogens with one attached hydrogen (secondary N) is 2. The van der Waals surface area contributed by atoms with Gasteiger partial charge in [-0.1, -0.05) is 0 Å². The fraction of sp³-hybridized carbons (Fsp3) is 0.917. The van der Waals surface area contributed by atoms with Gasteiger partial charge in [-0.05, 0) is 51.9 Å². The molecule has 4 nitrogen and oxygen atoms in total. The van der Waals surface area contributed by atoms with Crippen molar-refractivity contribution in [1.82, 2.24) is 15.5 Å². The zero-order valence-corrected chi connectivity index (χ0v) is 10.6. The molecule has 0 atom stereocenters. The number of piperidine rings is 1. The smallest absolute Gasteiger partial charge is 0.216 e. The molecule has 1 saturated heterocycles. The van der Waals surface area contributed by atoms with E-state index in [1.165, 1.54) is 32.4 Å². The van der Waals surface area contributed by atoms with Gasteiger partial charge in [0.25, 0.3) is 0 Å². The first kappa shape index (κ1) is 13.5. The third kappa shape index (κ3) is 6.08. The van der Waals surface area contributed by atoms with Crippen molar-refractivity contribution in [2.75, 3.05) is 39.8 Å². The maximum Gasteiger partial charge on any atom is 0.216 e.